The fraction of sp³-hybridized carbons (Fsp3) is 0.143. The van der Waals surface area contributed by atoms with E-state index in [9.17, 15) is 4.79 Å². The predicted molar refractivity (Wildman–Crippen MR) is 103 cm³/mol. The van der Waals surface area contributed by atoms with E-state index in [2.05, 4.69) is 37.8 Å². The van der Waals surface area contributed by atoms with Gasteiger partial charge in [0.15, 0.2) is 5.82 Å². The van der Waals surface area contributed by atoms with Crippen LogP contribution in [0.25, 0.3) is 11.4 Å². The Kier molecular flexibility index (Phi) is 5.24. The Hall–Kier alpha value is -3.74. The van der Waals surface area contributed by atoms with Gasteiger partial charge in [-0.05, 0) is 18.4 Å². The summed E-state index contributed by atoms with van der Waals surface area (Å²) in [5.74, 6) is 1.01. The van der Waals surface area contributed by atoms with Crippen molar-refractivity contribution >= 4 is 5.91 Å². The fourth-order valence-corrected chi connectivity index (χ4v) is 2.80. The smallest absolute Gasteiger partial charge is 0.290 e. The molecule has 0 spiro atoms. The van der Waals surface area contributed by atoms with Crippen LogP contribution in [0.4, 0.5) is 0 Å². The molecule has 7 nitrogen and oxygen atoms in total. The Bertz CT molecular complexity index is 1040. The molecule has 140 valence electrons. The molecule has 0 unspecified atom stereocenters. The number of rotatable bonds is 7. The Labute approximate surface area is 161 Å². The van der Waals surface area contributed by atoms with Crippen molar-refractivity contribution in [2.45, 2.75) is 19.4 Å². The Balaban J connectivity index is 1.31. The van der Waals surface area contributed by atoms with Crippen molar-refractivity contribution in [1.29, 1.82) is 0 Å². The topological polar surface area (TPSA) is 96.7 Å². The van der Waals surface area contributed by atoms with Gasteiger partial charge in [0.25, 0.3) is 5.91 Å². The first-order valence-electron chi connectivity index (χ1n) is 9.02. The van der Waals surface area contributed by atoms with Crippen LogP contribution in [0.2, 0.25) is 0 Å². The van der Waals surface area contributed by atoms with Crippen molar-refractivity contribution in [3.63, 3.8) is 0 Å². The van der Waals surface area contributed by atoms with Gasteiger partial charge < -0.3 is 9.84 Å². The van der Waals surface area contributed by atoms with Crippen LogP contribution in [0.5, 0.6) is 0 Å². The average Bonchev–Trinajstić information content (AvgIpc) is 3.42. The molecule has 28 heavy (non-hydrogen) atoms. The number of carbonyl (C=O) groups is 1. The van der Waals surface area contributed by atoms with Gasteiger partial charge in [0, 0.05) is 11.6 Å². The number of hydrogen-bond acceptors (Lipinski definition) is 5. The van der Waals surface area contributed by atoms with Gasteiger partial charge in [-0.25, -0.2) is 4.98 Å². The van der Waals surface area contributed by atoms with Crippen LogP contribution in [0, 0.1) is 0 Å². The summed E-state index contributed by atoms with van der Waals surface area (Å²) < 4.78 is 5.17. The highest BCUT2D eigenvalue weighted by molar-refractivity contribution is 5.91. The molecule has 0 aliphatic rings. The van der Waals surface area contributed by atoms with Crippen molar-refractivity contribution in [3.05, 3.63) is 89.6 Å². The molecule has 2 heterocycles. The monoisotopic (exact) mass is 373 g/mol. The zero-order valence-electron chi connectivity index (χ0n) is 15.1. The van der Waals surface area contributed by atoms with Crippen LogP contribution in [0.3, 0.4) is 0 Å². The molecule has 0 fully saturated rings. The van der Waals surface area contributed by atoms with E-state index in [0.717, 1.165) is 17.7 Å². The van der Waals surface area contributed by atoms with Gasteiger partial charge in [0.05, 0.1) is 12.2 Å². The largest absolute Gasteiger partial charge is 0.351 e. The lowest BCUT2D eigenvalue weighted by Gasteiger charge is -1.98. The summed E-state index contributed by atoms with van der Waals surface area (Å²) in [5, 5.41) is 13.7. The molecule has 0 aliphatic heterocycles. The van der Waals surface area contributed by atoms with Gasteiger partial charge in [-0.1, -0.05) is 65.8 Å². The first kappa shape index (κ1) is 17.7. The third-order valence-corrected chi connectivity index (χ3v) is 4.28. The number of carbonyl (C=O) groups excluding carboxylic acids is 1. The molecule has 0 aliphatic carbocycles. The van der Waals surface area contributed by atoms with E-state index in [1.807, 2.05) is 48.5 Å². The summed E-state index contributed by atoms with van der Waals surface area (Å²) in [7, 11) is 0. The maximum absolute atomic E-state index is 12.3. The highest BCUT2D eigenvalue weighted by atomic mass is 16.5. The second-order valence-corrected chi connectivity index (χ2v) is 6.32. The minimum atomic E-state index is -0.337. The van der Waals surface area contributed by atoms with E-state index in [0.29, 0.717) is 18.1 Å². The predicted octanol–water partition coefficient (Wildman–Crippen LogP) is 3.17. The molecule has 2 aromatic heterocycles. The summed E-state index contributed by atoms with van der Waals surface area (Å²) in [5.41, 5.74) is 2.88. The van der Waals surface area contributed by atoms with Crippen LogP contribution < -0.4 is 5.32 Å². The number of amides is 1. The summed E-state index contributed by atoms with van der Waals surface area (Å²) in [6.07, 6.45) is 1.55. The standard InChI is InChI=1S/C21H19N5O2/c27-21(18-13-17(26-28-18)12-11-15-7-3-1-4-8-15)22-14-19-23-20(25-24-19)16-9-5-2-6-10-16/h1-10,13H,11-12,14H2,(H,22,27)(H,23,24,25). The molecule has 1 amide bonds. The number of nitrogens with zero attached hydrogens (tertiary/aromatic N) is 3. The van der Waals surface area contributed by atoms with E-state index in [1.165, 1.54) is 5.56 Å². The van der Waals surface area contributed by atoms with Crippen molar-refractivity contribution in [2.75, 3.05) is 0 Å². The fourth-order valence-electron chi connectivity index (χ4n) is 2.80. The molecule has 2 N–H and O–H groups in total. The zero-order valence-corrected chi connectivity index (χ0v) is 15.1. The van der Waals surface area contributed by atoms with E-state index in [4.69, 9.17) is 4.52 Å². The molecule has 7 heteroatoms. The van der Waals surface area contributed by atoms with Gasteiger partial charge >= 0.3 is 0 Å². The van der Waals surface area contributed by atoms with E-state index in [-0.39, 0.29) is 18.2 Å². The Morgan fingerprint density at radius 1 is 1.00 bits per heavy atom. The third-order valence-electron chi connectivity index (χ3n) is 4.28. The normalized spacial score (nSPS) is 10.7. The maximum Gasteiger partial charge on any atom is 0.290 e. The molecule has 4 aromatic rings. The summed E-state index contributed by atoms with van der Waals surface area (Å²) in [4.78, 5) is 16.7. The SMILES string of the molecule is O=C(NCc1nc(-c2ccccc2)n[nH]1)c1cc(CCc2ccccc2)no1. The summed E-state index contributed by atoms with van der Waals surface area (Å²) in [6, 6.07) is 21.4. The van der Waals surface area contributed by atoms with Crippen LogP contribution in [0.15, 0.2) is 71.3 Å². The van der Waals surface area contributed by atoms with E-state index < -0.39 is 0 Å². The number of H-pyrrole nitrogens is 1. The van der Waals surface area contributed by atoms with Crippen LogP contribution in [-0.4, -0.2) is 26.2 Å². The molecular formula is C21H19N5O2. The van der Waals surface area contributed by atoms with E-state index >= 15 is 0 Å². The quantitative estimate of drug-likeness (QED) is 0.519. The number of nitrogens with one attached hydrogen (secondary N) is 2. The number of aryl methyl sites for hydroxylation is 2. The van der Waals surface area contributed by atoms with Crippen molar-refractivity contribution in [3.8, 4) is 11.4 Å². The number of hydrogen-bond donors (Lipinski definition) is 2. The first-order chi connectivity index (χ1) is 13.8. The van der Waals surface area contributed by atoms with E-state index in [1.54, 1.807) is 6.07 Å². The van der Waals surface area contributed by atoms with Crippen molar-refractivity contribution < 1.29 is 9.32 Å². The van der Waals surface area contributed by atoms with Crippen molar-refractivity contribution in [2.24, 2.45) is 0 Å². The number of aromatic nitrogens is 4. The lowest BCUT2D eigenvalue weighted by molar-refractivity contribution is 0.0913. The molecule has 0 radical (unpaired) electrons. The second-order valence-electron chi connectivity index (χ2n) is 6.32. The summed E-state index contributed by atoms with van der Waals surface area (Å²) >= 11 is 0. The van der Waals surface area contributed by atoms with Crippen LogP contribution in [-0.2, 0) is 19.4 Å². The first-order valence-corrected chi connectivity index (χ1v) is 9.02. The minimum Gasteiger partial charge on any atom is -0.351 e. The van der Waals surface area contributed by atoms with Gasteiger partial charge in [0.2, 0.25) is 5.76 Å². The van der Waals surface area contributed by atoms with Crippen molar-refractivity contribution in [1.82, 2.24) is 25.7 Å². The Morgan fingerprint density at radius 2 is 1.75 bits per heavy atom. The molecular weight excluding hydrogens is 354 g/mol. The second kappa shape index (κ2) is 8.30. The van der Waals surface area contributed by atoms with Crippen LogP contribution >= 0.6 is 0 Å². The molecule has 0 saturated heterocycles. The highest BCUT2D eigenvalue weighted by Crippen LogP contribution is 2.13. The van der Waals surface area contributed by atoms with Gasteiger partial charge in [-0.3, -0.25) is 9.89 Å². The van der Waals surface area contributed by atoms with Crippen LogP contribution in [0.1, 0.15) is 27.6 Å². The number of benzene rings is 2. The lowest BCUT2D eigenvalue weighted by Crippen LogP contribution is -2.22. The lowest BCUT2D eigenvalue weighted by atomic mass is 10.1. The van der Waals surface area contributed by atoms with Gasteiger partial charge in [0.1, 0.15) is 5.82 Å². The van der Waals surface area contributed by atoms with Gasteiger partial charge in [-0.2, -0.15) is 5.10 Å². The zero-order chi connectivity index (χ0) is 19.2. The average molecular weight is 373 g/mol. The Morgan fingerprint density at radius 3 is 2.54 bits per heavy atom. The number of aromatic amines is 1. The highest BCUT2D eigenvalue weighted by Gasteiger charge is 2.14. The molecule has 0 saturated carbocycles. The molecule has 0 bridgehead atoms. The molecule has 0 atom stereocenters. The third kappa shape index (κ3) is 4.32. The maximum atomic E-state index is 12.3. The molecule has 4 rings (SSSR count). The molecule has 2 aromatic carbocycles. The minimum absolute atomic E-state index is 0.186. The van der Waals surface area contributed by atoms with Gasteiger partial charge in [-0.15, -0.1) is 0 Å². The summed E-state index contributed by atoms with van der Waals surface area (Å²) in [6.45, 7) is 0.221.